The summed E-state index contributed by atoms with van der Waals surface area (Å²) in [5, 5.41) is 12.6. The van der Waals surface area contributed by atoms with Gasteiger partial charge in [0.15, 0.2) is 0 Å². The second-order valence-corrected chi connectivity index (χ2v) is 6.99. The number of nitrogens with one attached hydrogen (secondary N) is 1. The fourth-order valence-corrected chi connectivity index (χ4v) is 3.94. The lowest BCUT2D eigenvalue weighted by Crippen LogP contribution is -2.08. The molecular formula is C20H25N3O. The average molecular weight is 323 g/mol. The first-order chi connectivity index (χ1) is 11.8. The molecule has 2 aliphatic carbocycles. The molecule has 1 aromatic carbocycles. The predicted octanol–water partition coefficient (Wildman–Crippen LogP) is 3.90. The van der Waals surface area contributed by atoms with E-state index in [1.807, 2.05) is 0 Å². The van der Waals surface area contributed by atoms with E-state index in [0.717, 1.165) is 35.7 Å². The van der Waals surface area contributed by atoms with Gasteiger partial charge in [0, 0.05) is 29.5 Å². The summed E-state index contributed by atoms with van der Waals surface area (Å²) in [5.41, 5.74) is 4.77. The molecule has 4 heteroatoms. The minimum Gasteiger partial charge on any atom is -0.396 e. The van der Waals surface area contributed by atoms with Gasteiger partial charge in [-0.1, -0.05) is 25.0 Å². The molecule has 1 heterocycles. The molecule has 1 fully saturated rings. The van der Waals surface area contributed by atoms with Gasteiger partial charge in [0.05, 0.1) is 0 Å². The second kappa shape index (κ2) is 6.89. The van der Waals surface area contributed by atoms with Gasteiger partial charge in [-0.25, -0.2) is 9.97 Å². The summed E-state index contributed by atoms with van der Waals surface area (Å²) in [6.45, 7) is 0.191. The Kier molecular flexibility index (Phi) is 4.48. The number of aromatic nitrogens is 2. The van der Waals surface area contributed by atoms with Crippen molar-refractivity contribution < 1.29 is 5.11 Å². The van der Waals surface area contributed by atoms with Crippen molar-refractivity contribution in [2.45, 2.75) is 57.3 Å². The molecule has 2 N–H and O–H groups in total. The van der Waals surface area contributed by atoms with E-state index in [4.69, 9.17) is 15.1 Å². The van der Waals surface area contributed by atoms with Crippen LogP contribution in [0.5, 0.6) is 0 Å². The highest BCUT2D eigenvalue weighted by atomic mass is 16.2. The van der Waals surface area contributed by atoms with Crippen LogP contribution >= 0.6 is 0 Å². The van der Waals surface area contributed by atoms with Gasteiger partial charge in [0.1, 0.15) is 11.6 Å². The molecule has 1 aromatic heterocycles. The molecule has 1 saturated carbocycles. The van der Waals surface area contributed by atoms with E-state index in [1.54, 1.807) is 0 Å². The lowest BCUT2D eigenvalue weighted by atomic mass is 10.1. The van der Waals surface area contributed by atoms with E-state index >= 15 is 0 Å². The van der Waals surface area contributed by atoms with Crippen LogP contribution in [0.3, 0.4) is 0 Å². The van der Waals surface area contributed by atoms with Crippen LogP contribution in [0.1, 0.15) is 60.7 Å². The molecule has 0 unspecified atom stereocenters. The third-order valence-electron chi connectivity index (χ3n) is 5.29. The molecule has 24 heavy (non-hydrogen) atoms. The Balaban J connectivity index is 1.61. The fourth-order valence-electron chi connectivity index (χ4n) is 3.94. The molecule has 0 atom stereocenters. The lowest BCUT2D eigenvalue weighted by molar-refractivity contribution is 0.299. The minimum atomic E-state index is 0.191. The van der Waals surface area contributed by atoms with Crippen molar-refractivity contribution in [3.8, 4) is 0 Å². The topological polar surface area (TPSA) is 58.0 Å². The zero-order valence-electron chi connectivity index (χ0n) is 14.1. The second-order valence-electron chi connectivity index (χ2n) is 6.99. The van der Waals surface area contributed by atoms with Gasteiger partial charge in [-0.2, -0.15) is 0 Å². The molecule has 0 amide bonds. The van der Waals surface area contributed by atoms with Crippen LogP contribution in [0.15, 0.2) is 24.3 Å². The molecule has 0 aliphatic heterocycles. The number of rotatable bonds is 5. The van der Waals surface area contributed by atoms with Crippen LogP contribution in [0.2, 0.25) is 0 Å². The van der Waals surface area contributed by atoms with Crippen LogP contribution in [-0.4, -0.2) is 21.7 Å². The van der Waals surface area contributed by atoms with Crippen molar-refractivity contribution in [3.63, 3.8) is 0 Å². The fraction of sp³-hybridized carbons (Fsp3) is 0.500. The van der Waals surface area contributed by atoms with Crippen LogP contribution in [-0.2, 0) is 19.3 Å². The van der Waals surface area contributed by atoms with Gasteiger partial charge >= 0.3 is 0 Å². The summed E-state index contributed by atoms with van der Waals surface area (Å²) in [5.74, 6) is 2.60. The van der Waals surface area contributed by atoms with Crippen molar-refractivity contribution in [2.24, 2.45) is 0 Å². The number of aliphatic hydroxyl groups is 1. The first kappa shape index (κ1) is 15.6. The number of aliphatic hydroxyl groups excluding tert-OH is 1. The van der Waals surface area contributed by atoms with Gasteiger partial charge in [-0.15, -0.1) is 0 Å². The van der Waals surface area contributed by atoms with Crippen LogP contribution < -0.4 is 5.32 Å². The average Bonchev–Trinajstić information content (AvgIpc) is 3.28. The molecule has 0 saturated heterocycles. The van der Waals surface area contributed by atoms with Crippen LogP contribution in [0, 0.1) is 0 Å². The summed E-state index contributed by atoms with van der Waals surface area (Å²) in [7, 11) is 0. The van der Waals surface area contributed by atoms with Crippen molar-refractivity contribution in [1.82, 2.24) is 9.97 Å². The summed E-state index contributed by atoms with van der Waals surface area (Å²) in [6.07, 6.45) is 9.12. The maximum absolute atomic E-state index is 9.03. The highest BCUT2D eigenvalue weighted by molar-refractivity contribution is 5.61. The minimum absolute atomic E-state index is 0.191. The summed E-state index contributed by atoms with van der Waals surface area (Å²) >= 11 is 0. The Morgan fingerprint density at radius 3 is 2.54 bits per heavy atom. The van der Waals surface area contributed by atoms with E-state index in [1.165, 1.54) is 43.4 Å². The van der Waals surface area contributed by atoms with Crippen LogP contribution in [0.25, 0.3) is 0 Å². The van der Waals surface area contributed by atoms with Gasteiger partial charge in [0.25, 0.3) is 0 Å². The maximum Gasteiger partial charge on any atom is 0.137 e. The molecule has 0 spiro atoms. The molecule has 2 aliphatic rings. The number of hydrogen-bond donors (Lipinski definition) is 2. The smallest absolute Gasteiger partial charge is 0.137 e. The third-order valence-corrected chi connectivity index (χ3v) is 5.29. The Morgan fingerprint density at radius 2 is 1.79 bits per heavy atom. The maximum atomic E-state index is 9.03. The van der Waals surface area contributed by atoms with Gasteiger partial charge in [-0.05, 0) is 56.2 Å². The van der Waals surface area contributed by atoms with E-state index in [2.05, 4.69) is 29.6 Å². The number of anilines is 2. The molecule has 2 aromatic rings. The van der Waals surface area contributed by atoms with E-state index < -0.39 is 0 Å². The Labute approximate surface area is 143 Å². The SMILES string of the molecule is OCCc1ccc(Nc2nc(C3CCCC3)nc3c2CCC3)cc1. The quantitative estimate of drug-likeness (QED) is 0.876. The Morgan fingerprint density at radius 1 is 1.00 bits per heavy atom. The lowest BCUT2D eigenvalue weighted by Gasteiger charge is -2.15. The van der Waals surface area contributed by atoms with Crippen molar-refractivity contribution >= 4 is 11.5 Å². The standard InChI is InChI=1S/C20H25N3O/c24-13-12-14-8-10-16(11-9-14)21-20-17-6-3-7-18(17)22-19(23-20)15-4-1-2-5-15/h8-11,15,24H,1-7,12-13H2,(H,21,22,23). The van der Waals surface area contributed by atoms with E-state index in [0.29, 0.717) is 12.3 Å². The van der Waals surface area contributed by atoms with Crippen molar-refractivity contribution in [3.05, 3.63) is 46.9 Å². The number of fused-ring (bicyclic) bond motifs is 1. The largest absolute Gasteiger partial charge is 0.396 e. The summed E-state index contributed by atoms with van der Waals surface area (Å²) < 4.78 is 0. The monoisotopic (exact) mass is 323 g/mol. The number of hydrogen-bond acceptors (Lipinski definition) is 4. The highest BCUT2D eigenvalue weighted by Crippen LogP contribution is 2.36. The molecule has 0 radical (unpaired) electrons. The summed E-state index contributed by atoms with van der Waals surface area (Å²) in [4.78, 5) is 9.82. The summed E-state index contributed by atoms with van der Waals surface area (Å²) in [6, 6.07) is 8.28. The first-order valence-corrected chi connectivity index (χ1v) is 9.20. The molecule has 4 nitrogen and oxygen atoms in total. The van der Waals surface area contributed by atoms with Gasteiger partial charge < -0.3 is 10.4 Å². The zero-order valence-corrected chi connectivity index (χ0v) is 14.1. The van der Waals surface area contributed by atoms with Crippen LogP contribution in [0.4, 0.5) is 11.5 Å². The Bertz CT molecular complexity index is 706. The molecule has 4 rings (SSSR count). The normalized spacial score (nSPS) is 17.2. The first-order valence-electron chi connectivity index (χ1n) is 9.20. The van der Waals surface area contributed by atoms with Gasteiger partial charge in [-0.3, -0.25) is 0 Å². The van der Waals surface area contributed by atoms with Crippen molar-refractivity contribution in [2.75, 3.05) is 11.9 Å². The predicted molar refractivity (Wildman–Crippen MR) is 95.8 cm³/mol. The number of aryl methyl sites for hydroxylation is 1. The zero-order chi connectivity index (χ0) is 16.4. The van der Waals surface area contributed by atoms with Crippen molar-refractivity contribution in [1.29, 1.82) is 0 Å². The van der Waals surface area contributed by atoms with Gasteiger partial charge in [0.2, 0.25) is 0 Å². The number of nitrogens with zero attached hydrogens (tertiary/aromatic N) is 2. The number of benzene rings is 1. The third kappa shape index (κ3) is 3.16. The van der Waals surface area contributed by atoms with E-state index in [-0.39, 0.29) is 6.61 Å². The molecule has 0 bridgehead atoms. The molecular weight excluding hydrogens is 298 g/mol. The highest BCUT2D eigenvalue weighted by Gasteiger charge is 2.25. The van der Waals surface area contributed by atoms with E-state index in [9.17, 15) is 0 Å². The Hall–Kier alpha value is -1.94. The molecule has 126 valence electrons.